The summed E-state index contributed by atoms with van der Waals surface area (Å²) in [5.74, 6) is -4.17. The zero-order valence-corrected chi connectivity index (χ0v) is 12.9. The Bertz CT molecular complexity index is 768. The minimum Gasteiger partial charge on any atom is -0.478 e. The molecule has 2 aliphatic rings. The second kappa shape index (κ2) is 6.38. The van der Waals surface area contributed by atoms with Crippen LogP contribution in [0.25, 0.3) is 0 Å². The van der Waals surface area contributed by atoms with Gasteiger partial charge in [-0.3, -0.25) is 14.5 Å². The van der Waals surface area contributed by atoms with Crippen molar-refractivity contribution < 1.29 is 33.4 Å². The molecule has 0 radical (unpaired) electrons. The van der Waals surface area contributed by atoms with Crippen LogP contribution in [0.3, 0.4) is 0 Å². The Kier molecular flexibility index (Phi) is 4.26. The number of hydrogen-bond acceptors (Lipinski definition) is 5. The molecule has 1 atom stereocenters. The summed E-state index contributed by atoms with van der Waals surface area (Å²) in [6, 6.07) is 2.64. The summed E-state index contributed by atoms with van der Waals surface area (Å²) in [4.78, 5) is 49.2. The van der Waals surface area contributed by atoms with Crippen molar-refractivity contribution in [1.29, 1.82) is 0 Å². The number of amides is 3. The van der Waals surface area contributed by atoms with Crippen LogP contribution in [0.4, 0.5) is 14.9 Å². The molecule has 0 bridgehead atoms. The molecule has 3 amide bonds. The Morgan fingerprint density at radius 2 is 2.04 bits per heavy atom. The molecule has 0 aromatic heterocycles. The molecular formula is C15H14FN3O6. The fraction of sp³-hybridized carbons (Fsp3) is 0.333. The molecule has 3 rings (SSSR count). The second-order valence-electron chi connectivity index (χ2n) is 5.63. The summed E-state index contributed by atoms with van der Waals surface area (Å²) in [5, 5.41) is 10.9. The highest BCUT2D eigenvalue weighted by Crippen LogP contribution is 2.19. The molecule has 0 saturated carbocycles. The van der Waals surface area contributed by atoms with E-state index in [0.717, 1.165) is 18.2 Å². The van der Waals surface area contributed by atoms with E-state index in [1.807, 2.05) is 0 Å². The van der Waals surface area contributed by atoms with Gasteiger partial charge in [0, 0.05) is 19.6 Å². The van der Waals surface area contributed by atoms with Crippen molar-refractivity contribution >= 4 is 29.6 Å². The summed E-state index contributed by atoms with van der Waals surface area (Å²) >= 11 is 0. The molecule has 132 valence electrons. The zero-order chi connectivity index (χ0) is 18.1. The maximum absolute atomic E-state index is 13.8. The van der Waals surface area contributed by atoms with Crippen molar-refractivity contribution in [2.24, 2.45) is 0 Å². The van der Waals surface area contributed by atoms with Crippen LogP contribution in [0, 0.1) is 5.82 Å². The third-order valence-electron chi connectivity index (χ3n) is 4.06. The number of nitrogens with one attached hydrogen (secondary N) is 1. The molecule has 0 unspecified atom stereocenters. The third-order valence-corrected chi connectivity index (χ3v) is 4.06. The van der Waals surface area contributed by atoms with E-state index in [1.165, 1.54) is 9.80 Å². The summed E-state index contributed by atoms with van der Waals surface area (Å²) < 4.78 is 18.7. The van der Waals surface area contributed by atoms with Crippen LogP contribution in [0.1, 0.15) is 10.4 Å². The number of benzene rings is 1. The van der Waals surface area contributed by atoms with Gasteiger partial charge in [-0.15, -0.1) is 0 Å². The van der Waals surface area contributed by atoms with Crippen molar-refractivity contribution in [2.45, 2.75) is 6.04 Å². The van der Waals surface area contributed by atoms with Crippen LogP contribution in [0.5, 0.6) is 0 Å². The number of fused-ring (bicyclic) bond motifs is 1. The van der Waals surface area contributed by atoms with E-state index in [0.29, 0.717) is 0 Å². The number of anilines is 1. The molecule has 2 N–H and O–H groups in total. The first-order valence-electron chi connectivity index (χ1n) is 7.43. The topological polar surface area (TPSA) is 116 Å². The summed E-state index contributed by atoms with van der Waals surface area (Å²) in [5.41, 5.74) is -0.565. The Hall–Kier alpha value is -3.17. The first kappa shape index (κ1) is 16.7. The van der Waals surface area contributed by atoms with Gasteiger partial charge < -0.3 is 20.1 Å². The molecule has 1 aromatic rings. The summed E-state index contributed by atoms with van der Waals surface area (Å²) in [6.45, 7) is 0.719. The quantitative estimate of drug-likeness (QED) is 0.732. The van der Waals surface area contributed by atoms with Gasteiger partial charge in [0.25, 0.3) is 0 Å². The Morgan fingerprint density at radius 3 is 2.72 bits per heavy atom. The van der Waals surface area contributed by atoms with Gasteiger partial charge in [-0.25, -0.2) is 14.0 Å². The monoisotopic (exact) mass is 351 g/mol. The SMILES string of the molecule is O=C(Nc1ccc(C(=O)O)cc1F)C(=O)N1CCN2C(=O)OC[C@H]2C1. The highest BCUT2D eigenvalue weighted by Gasteiger charge is 2.39. The van der Waals surface area contributed by atoms with Crippen molar-refractivity contribution in [2.75, 3.05) is 31.6 Å². The van der Waals surface area contributed by atoms with E-state index in [9.17, 15) is 23.6 Å². The Balaban J connectivity index is 1.64. The number of nitrogens with zero attached hydrogens (tertiary/aromatic N) is 2. The van der Waals surface area contributed by atoms with Gasteiger partial charge in [0.1, 0.15) is 12.4 Å². The fourth-order valence-corrected chi connectivity index (χ4v) is 2.74. The van der Waals surface area contributed by atoms with Crippen LogP contribution in [0.15, 0.2) is 18.2 Å². The van der Waals surface area contributed by atoms with Gasteiger partial charge in [-0.1, -0.05) is 0 Å². The van der Waals surface area contributed by atoms with Crippen molar-refractivity contribution in [3.05, 3.63) is 29.6 Å². The Morgan fingerprint density at radius 1 is 1.28 bits per heavy atom. The number of piperazine rings is 1. The standard InChI is InChI=1S/C15H14FN3O6/c16-10-5-8(14(22)23)1-2-11(10)17-12(20)13(21)18-3-4-19-9(6-18)7-25-15(19)24/h1-2,5,9H,3-4,6-7H2,(H,17,20)(H,22,23)/t9-/m1/s1. The number of aromatic carboxylic acids is 1. The lowest BCUT2D eigenvalue weighted by Gasteiger charge is -2.34. The third kappa shape index (κ3) is 3.23. The van der Waals surface area contributed by atoms with Crippen LogP contribution in [-0.4, -0.2) is 71.1 Å². The van der Waals surface area contributed by atoms with E-state index >= 15 is 0 Å². The number of carbonyl (C=O) groups is 4. The molecule has 1 aromatic carbocycles. The predicted octanol–water partition coefficient (Wildman–Crippen LogP) is 0.125. The van der Waals surface area contributed by atoms with Gasteiger partial charge in [-0.2, -0.15) is 0 Å². The van der Waals surface area contributed by atoms with Crippen LogP contribution >= 0.6 is 0 Å². The van der Waals surface area contributed by atoms with E-state index in [-0.39, 0.29) is 43.5 Å². The lowest BCUT2D eigenvalue weighted by Crippen LogP contribution is -2.55. The molecule has 9 nitrogen and oxygen atoms in total. The molecule has 2 aliphatic heterocycles. The molecule has 25 heavy (non-hydrogen) atoms. The maximum Gasteiger partial charge on any atom is 0.410 e. The molecule has 2 heterocycles. The molecule has 0 spiro atoms. The highest BCUT2D eigenvalue weighted by molar-refractivity contribution is 6.39. The average Bonchev–Trinajstić information content (AvgIpc) is 2.96. The number of carboxylic acids is 1. The first-order valence-corrected chi connectivity index (χ1v) is 7.43. The fourth-order valence-electron chi connectivity index (χ4n) is 2.74. The van der Waals surface area contributed by atoms with Gasteiger partial charge in [0.15, 0.2) is 0 Å². The normalized spacial score (nSPS) is 19.2. The van der Waals surface area contributed by atoms with Crippen molar-refractivity contribution in [3.8, 4) is 0 Å². The van der Waals surface area contributed by atoms with Gasteiger partial charge in [0.2, 0.25) is 0 Å². The average molecular weight is 351 g/mol. The van der Waals surface area contributed by atoms with Gasteiger partial charge in [0.05, 0.1) is 17.3 Å². The molecule has 0 aliphatic carbocycles. The minimum atomic E-state index is -1.31. The zero-order valence-electron chi connectivity index (χ0n) is 12.9. The minimum absolute atomic E-state index is 0.148. The number of carboxylic acid groups (broad SMARTS) is 1. The van der Waals surface area contributed by atoms with Gasteiger partial charge >= 0.3 is 23.9 Å². The maximum atomic E-state index is 13.8. The Labute approximate surface area is 140 Å². The van der Waals surface area contributed by atoms with E-state index in [4.69, 9.17) is 9.84 Å². The van der Waals surface area contributed by atoms with E-state index in [1.54, 1.807) is 0 Å². The molecule has 10 heteroatoms. The molecular weight excluding hydrogens is 337 g/mol. The lowest BCUT2D eigenvalue weighted by atomic mass is 10.2. The summed E-state index contributed by atoms with van der Waals surface area (Å²) in [7, 11) is 0. The summed E-state index contributed by atoms with van der Waals surface area (Å²) in [6.07, 6.45) is -0.442. The number of halogens is 1. The number of hydrogen-bond donors (Lipinski definition) is 2. The van der Waals surface area contributed by atoms with E-state index < -0.39 is 29.7 Å². The van der Waals surface area contributed by atoms with Crippen molar-refractivity contribution in [3.63, 3.8) is 0 Å². The van der Waals surface area contributed by atoms with Crippen LogP contribution < -0.4 is 5.32 Å². The highest BCUT2D eigenvalue weighted by atomic mass is 19.1. The van der Waals surface area contributed by atoms with Gasteiger partial charge in [-0.05, 0) is 18.2 Å². The largest absolute Gasteiger partial charge is 0.478 e. The first-order chi connectivity index (χ1) is 11.9. The smallest absolute Gasteiger partial charge is 0.410 e. The molecule has 2 fully saturated rings. The predicted molar refractivity (Wildman–Crippen MR) is 80.4 cm³/mol. The number of carbonyl (C=O) groups excluding carboxylic acids is 3. The number of cyclic esters (lactones) is 1. The van der Waals surface area contributed by atoms with Crippen LogP contribution in [0.2, 0.25) is 0 Å². The van der Waals surface area contributed by atoms with Crippen molar-refractivity contribution in [1.82, 2.24) is 9.80 Å². The number of rotatable bonds is 2. The lowest BCUT2D eigenvalue weighted by molar-refractivity contribution is -0.144. The number of ether oxygens (including phenoxy) is 1. The van der Waals surface area contributed by atoms with Crippen LogP contribution in [-0.2, 0) is 14.3 Å². The van der Waals surface area contributed by atoms with E-state index in [2.05, 4.69) is 5.32 Å². The molecule has 2 saturated heterocycles. The second-order valence-corrected chi connectivity index (χ2v) is 5.63.